The number of nitrogens with zero attached hydrogens (tertiary/aromatic N) is 1. The van der Waals surface area contributed by atoms with Crippen LogP contribution < -0.4 is 10.2 Å². The van der Waals surface area contributed by atoms with E-state index in [0.29, 0.717) is 10.7 Å². The Morgan fingerprint density at radius 3 is 2.64 bits per heavy atom. The van der Waals surface area contributed by atoms with Crippen molar-refractivity contribution in [3.8, 4) is 0 Å². The van der Waals surface area contributed by atoms with Crippen LogP contribution in [0.5, 0.6) is 0 Å². The summed E-state index contributed by atoms with van der Waals surface area (Å²) < 4.78 is 5.10. The Morgan fingerprint density at radius 2 is 1.93 bits per heavy atom. The van der Waals surface area contributed by atoms with Gasteiger partial charge in [-0.1, -0.05) is 29.8 Å². The molecule has 2 aromatic rings. The van der Waals surface area contributed by atoms with Crippen LogP contribution in [0.25, 0.3) is 0 Å². The number of hydrogen-bond acceptors (Lipinski definition) is 4. The number of carbonyl (C=O) groups is 3. The second-order valence-electron chi connectivity index (χ2n) is 6.81. The average Bonchev–Trinajstić information content (AvgIpc) is 3.06. The van der Waals surface area contributed by atoms with Crippen LogP contribution in [-0.4, -0.2) is 30.9 Å². The zero-order valence-corrected chi connectivity index (χ0v) is 16.5. The fraction of sp³-hybridized carbons (Fsp3) is 0.286. The summed E-state index contributed by atoms with van der Waals surface area (Å²) in [6.45, 7) is 3.78. The third-order valence-corrected chi connectivity index (χ3v) is 5.08. The van der Waals surface area contributed by atoms with E-state index in [-0.39, 0.29) is 18.9 Å². The Morgan fingerprint density at radius 1 is 1.18 bits per heavy atom. The highest BCUT2D eigenvalue weighted by Gasteiger charge is 2.36. The fourth-order valence-electron chi connectivity index (χ4n) is 3.01. The lowest BCUT2D eigenvalue weighted by atomic mass is 10.1. The predicted molar refractivity (Wildman–Crippen MR) is 107 cm³/mol. The third-order valence-electron chi connectivity index (χ3n) is 4.75. The van der Waals surface area contributed by atoms with E-state index in [9.17, 15) is 14.4 Å². The molecule has 0 aromatic heterocycles. The molecule has 1 aliphatic heterocycles. The minimum Gasteiger partial charge on any atom is -0.455 e. The van der Waals surface area contributed by atoms with E-state index in [1.165, 1.54) is 0 Å². The van der Waals surface area contributed by atoms with Gasteiger partial charge < -0.3 is 15.0 Å². The monoisotopic (exact) mass is 400 g/mol. The Kier molecular flexibility index (Phi) is 5.99. The molecule has 2 aromatic carbocycles. The van der Waals surface area contributed by atoms with Crippen LogP contribution in [0.1, 0.15) is 17.5 Å². The van der Waals surface area contributed by atoms with Gasteiger partial charge in [-0.3, -0.25) is 14.4 Å². The van der Waals surface area contributed by atoms with Gasteiger partial charge in [0, 0.05) is 18.7 Å². The maximum atomic E-state index is 12.3. The molecule has 1 N–H and O–H groups in total. The number of carbonyl (C=O) groups excluding carboxylic acids is 3. The molecule has 0 saturated carbocycles. The molecule has 1 heterocycles. The van der Waals surface area contributed by atoms with Gasteiger partial charge in [-0.2, -0.15) is 0 Å². The van der Waals surface area contributed by atoms with Crippen molar-refractivity contribution in [3.63, 3.8) is 0 Å². The Labute approximate surface area is 168 Å². The predicted octanol–water partition coefficient (Wildman–Crippen LogP) is 3.49. The van der Waals surface area contributed by atoms with Gasteiger partial charge in [0.15, 0.2) is 6.61 Å². The average molecular weight is 401 g/mol. The molecule has 0 radical (unpaired) electrons. The standard InChI is InChI=1S/C21H21ClN2O4/c1-13-7-8-16(9-14(13)2)24-11-15(10-20(24)26)21(27)28-12-19(25)23-18-6-4-3-5-17(18)22/h3-9,15H,10-12H2,1-2H3,(H,23,25)/t15-/m1/s1. The molecule has 146 valence electrons. The van der Waals surface area contributed by atoms with Gasteiger partial charge in [0.25, 0.3) is 5.91 Å². The van der Waals surface area contributed by atoms with Crippen molar-refractivity contribution in [2.24, 2.45) is 5.92 Å². The van der Waals surface area contributed by atoms with Crippen LogP contribution in [0.3, 0.4) is 0 Å². The molecule has 28 heavy (non-hydrogen) atoms. The number of ether oxygens (including phenoxy) is 1. The summed E-state index contributed by atoms with van der Waals surface area (Å²) in [7, 11) is 0. The molecule has 0 bridgehead atoms. The van der Waals surface area contributed by atoms with Crippen LogP contribution in [-0.2, 0) is 19.1 Å². The van der Waals surface area contributed by atoms with E-state index in [0.717, 1.165) is 16.8 Å². The molecule has 1 saturated heterocycles. The lowest BCUT2D eigenvalue weighted by Gasteiger charge is -2.17. The first-order valence-corrected chi connectivity index (χ1v) is 9.31. The quantitative estimate of drug-likeness (QED) is 0.779. The van der Waals surface area contributed by atoms with E-state index < -0.39 is 24.4 Å². The Balaban J connectivity index is 1.55. The molecule has 1 aliphatic rings. The Hall–Kier alpha value is -2.86. The molecule has 6 nitrogen and oxygen atoms in total. The highest BCUT2D eigenvalue weighted by atomic mass is 35.5. The zero-order chi connectivity index (χ0) is 20.3. The molecule has 0 aliphatic carbocycles. The van der Waals surface area contributed by atoms with Crippen LogP contribution in [0.15, 0.2) is 42.5 Å². The van der Waals surface area contributed by atoms with E-state index >= 15 is 0 Å². The van der Waals surface area contributed by atoms with Crippen LogP contribution in [0.4, 0.5) is 11.4 Å². The van der Waals surface area contributed by atoms with Gasteiger partial charge >= 0.3 is 5.97 Å². The lowest BCUT2D eigenvalue weighted by molar-refractivity contribution is -0.151. The number of anilines is 2. The highest BCUT2D eigenvalue weighted by molar-refractivity contribution is 6.33. The minimum absolute atomic E-state index is 0.0674. The summed E-state index contributed by atoms with van der Waals surface area (Å²) >= 11 is 5.98. The molecule has 1 atom stereocenters. The summed E-state index contributed by atoms with van der Waals surface area (Å²) in [5.41, 5.74) is 3.42. The highest BCUT2D eigenvalue weighted by Crippen LogP contribution is 2.27. The van der Waals surface area contributed by atoms with Crippen LogP contribution in [0.2, 0.25) is 5.02 Å². The second-order valence-corrected chi connectivity index (χ2v) is 7.22. The molecular formula is C21H21ClN2O4. The number of amides is 2. The van der Waals surface area contributed by atoms with Gasteiger partial charge in [0.05, 0.1) is 16.6 Å². The molecule has 0 spiro atoms. The first-order valence-electron chi connectivity index (χ1n) is 8.94. The summed E-state index contributed by atoms with van der Waals surface area (Å²) in [4.78, 5) is 38.2. The largest absolute Gasteiger partial charge is 0.455 e. The van der Waals surface area contributed by atoms with Crippen molar-refractivity contribution in [2.75, 3.05) is 23.4 Å². The van der Waals surface area contributed by atoms with Crippen molar-refractivity contribution >= 4 is 40.8 Å². The molecule has 0 unspecified atom stereocenters. The van der Waals surface area contributed by atoms with Crippen LogP contribution in [0, 0.1) is 19.8 Å². The van der Waals surface area contributed by atoms with Crippen molar-refractivity contribution in [1.82, 2.24) is 0 Å². The van der Waals surface area contributed by atoms with E-state index in [2.05, 4.69) is 5.32 Å². The molecule has 2 amide bonds. The number of halogens is 1. The van der Waals surface area contributed by atoms with Gasteiger partial charge in [-0.25, -0.2) is 0 Å². The van der Waals surface area contributed by atoms with Gasteiger partial charge in [-0.15, -0.1) is 0 Å². The summed E-state index contributed by atoms with van der Waals surface area (Å²) in [6, 6.07) is 12.5. The maximum Gasteiger partial charge on any atom is 0.311 e. The van der Waals surface area contributed by atoms with E-state index in [1.807, 2.05) is 32.0 Å². The van der Waals surface area contributed by atoms with Gasteiger partial charge in [0.2, 0.25) is 5.91 Å². The molecule has 7 heteroatoms. The topological polar surface area (TPSA) is 75.7 Å². The Bertz CT molecular complexity index is 928. The van der Waals surface area contributed by atoms with Crippen molar-refractivity contribution in [2.45, 2.75) is 20.3 Å². The first-order chi connectivity index (χ1) is 13.3. The number of nitrogens with one attached hydrogen (secondary N) is 1. The van der Waals surface area contributed by atoms with E-state index in [1.54, 1.807) is 29.2 Å². The lowest BCUT2D eigenvalue weighted by Crippen LogP contribution is -2.28. The minimum atomic E-state index is -0.595. The number of para-hydroxylation sites is 1. The first kappa shape index (κ1) is 19.9. The normalized spacial score (nSPS) is 16.2. The van der Waals surface area contributed by atoms with Gasteiger partial charge in [0.1, 0.15) is 0 Å². The third kappa shape index (κ3) is 4.51. The van der Waals surface area contributed by atoms with Crippen LogP contribution >= 0.6 is 11.6 Å². The SMILES string of the molecule is Cc1ccc(N2C[C@H](C(=O)OCC(=O)Nc3ccccc3Cl)CC2=O)cc1C. The molecular weight excluding hydrogens is 380 g/mol. The number of benzene rings is 2. The second kappa shape index (κ2) is 8.44. The number of esters is 1. The summed E-state index contributed by atoms with van der Waals surface area (Å²) in [6.07, 6.45) is 0.0674. The summed E-state index contributed by atoms with van der Waals surface area (Å²) in [5, 5.41) is 2.98. The number of rotatable bonds is 5. The summed E-state index contributed by atoms with van der Waals surface area (Å²) in [5.74, 6) is -1.78. The maximum absolute atomic E-state index is 12.3. The van der Waals surface area contributed by atoms with Crippen molar-refractivity contribution in [3.05, 3.63) is 58.6 Å². The van der Waals surface area contributed by atoms with Crippen molar-refractivity contribution in [1.29, 1.82) is 0 Å². The number of hydrogen-bond donors (Lipinski definition) is 1. The fourth-order valence-corrected chi connectivity index (χ4v) is 3.19. The number of aryl methyl sites for hydroxylation is 2. The van der Waals surface area contributed by atoms with E-state index in [4.69, 9.17) is 16.3 Å². The smallest absolute Gasteiger partial charge is 0.311 e. The van der Waals surface area contributed by atoms with Crippen molar-refractivity contribution < 1.29 is 19.1 Å². The zero-order valence-electron chi connectivity index (χ0n) is 15.7. The molecule has 1 fully saturated rings. The molecule has 3 rings (SSSR count). The van der Waals surface area contributed by atoms with Gasteiger partial charge in [-0.05, 0) is 49.2 Å².